The summed E-state index contributed by atoms with van der Waals surface area (Å²) in [6.45, 7) is 6.26. The highest BCUT2D eigenvalue weighted by molar-refractivity contribution is 5.43. The van der Waals surface area contributed by atoms with Gasteiger partial charge in [0, 0.05) is 6.04 Å². The Morgan fingerprint density at radius 2 is 1.89 bits per heavy atom. The second-order valence-corrected chi connectivity index (χ2v) is 4.69. The van der Waals surface area contributed by atoms with E-state index < -0.39 is 0 Å². The van der Waals surface area contributed by atoms with E-state index in [1.165, 1.54) is 5.56 Å². The molecule has 3 nitrogen and oxygen atoms in total. The van der Waals surface area contributed by atoms with E-state index in [2.05, 4.69) is 26.8 Å². The molecular formula is C15H25NO2. The molecule has 0 heterocycles. The predicted molar refractivity (Wildman–Crippen MR) is 75.3 cm³/mol. The molecule has 3 heteroatoms. The summed E-state index contributed by atoms with van der Waals surface area (Å²) >= 11 is 0. The standard InChI is InChI=1S/C15H25NO2/c1-5-11(3)18-14-8-7-12(9-13(16)6-2)10-15(14)17-4/h7-8,10-11,13H,5-6,9,16H2,1-4H3. The number of methoxy groups -OCH3 is 1. The smallest absolute Gasteiger partial charge is 0.161 e. The summed E-state index contributed by atoms with van der Waals surface area (Å²) in [5.74, 6) is 1.59. The maximum absolute atomic E-state index is 5.96. The number of rotatable bonds is 7. The summed E-state index contributed by atoms with van der Waals surface area (Å²) in [6.07, 6.45) is 3.03. The van der Waals surface area contributed by atoms with Crippen LogP contribution in [0.2, 0.25) is 0 Å². The van der Waals surface area contributed by atoms with Crippen molar-refractivity contribution in [1.29, 1.82) is 0 Å². The molecule has 2 atom stereocenters. The van der Waals surface area contributed by atoms with Crippen LogP contribution < -0.4 is 15.2 Å². The predicted octanol–water partition coefficient (Wildman–Crippen LogP) is 3.15. The van der Waals surface area contributed by atoms with Gasteiger partial charge in [0.15, 0.2) is 11.5 Å². The Morgan fingerprint density at radius 3 is 2.44 bits per heavy atom. The first-order valence-corrected chi connectivity index (χ1v) is 6.69. The molecule has 2 N–H and O–H groups in total. The lowest BCUT2D eigenvalue weighted by Gasteiger charge is -2.17. The van der Waals surface area contributed by atoms with Gasteiger partial charge in [-0.25, -0.2) is 0 Å². The van der Waals surface area contributed by atoms with E-state index in [0.29, 0.717) is 0 Å². The molecule has 0 aromatic heterocycles. The van der Waals surface area contributed by atoms with Crippen molar-refractivity contribution in [3.05, 3.63) is 23.8 Å². The zero-order chi connectivity index (χ0) is 13.5. The van der Waals surface area contributed by atoms with Crippen LogP contribution in [0.5, 0.6) is 11.5 Å². The second-order valence-electron chi connectivity index (χ2n) is 4.69. The quantitative estimate of drug-likeness (QED) is 0.809. The number of hydrogen-bond acceptors (Lipinski definition) is 3. The first-order valence-electron chi connectivity index (χ1n) is 6.69. The summed E-state index contributed by atoms with van der Waals surface area (Å²) in [7, 11) is 1.67. The van der Waals surface area contributed by atoms with Crippen molar-refractivity contribution in [3.63, 3.8) is 0 Å². The highest BCUT2D eigenvalue weighted by atomic mass is 16.5. The Kier molecular flexibility index (Phi) is 5.99. The van der Waals surface area contributed by atoms with Crippen LogP contribution in [0, 0.1) is 0 Å². The SMILES string of the molecule is CCC(N)Cc1ccc(OC(C)CC)c(OC)c1. The van der Waals surface area contributed by atoms with Gasteiger partial charge in [0.25, 0.3) is 0 Å². The zero-order valence-corrected chi connectivity index (χ0v) is 11.9. The number of nitrogens with two attached hydrogens (primary N) is 1. The van der Waals surface area contributed by atoms with Gasteiger partial charge in [-0.05, 0) is 43.9 Å². The number of benzene rings is 1. The van der Waals surface area contributed by atoms with Crippen molar-refractivity contribution < 1.29 is 9.47 Å². The molecule has 1 aromatic carbocycles. The summed E-state index contributed by atoms with van der Waals surface area (Å²) in [5.41, 5.74) is 7.16. The van der Waals surface area contributed by atoms with Gasteiger partial charge < -0.3 is 15.2 Å². The fourth-order valence-corrected chi connectivity index (χ4v) is 1.68. The van der Waals surface area contributed by atoms with Crippen molar-refractivity contribution in [3.8, 4) is 11.5 Å². The molecule has 0 spiro atoms. The molecule has 0 amide bonds. The molecule has 0 saturated carbocycles. The lowest BCUT2D eigenvalue weighted by molar-refractivity contribution is 0.207. The van der Waals surface area contributed by atoms with Gasteiger partial charge in [0.05, 0.1) is 13.2 Å². The Hall–Kier alpha value is -1.22. The number of ether oxygens (including phenoxy) is 2. The van der Waals surface area contributed by atoms with Gasteiger partial charge in [-0.2, -0.15) is 0 Å². The van der Waals surface area contributed by atoms with Crippen LogP contribution in [0.15, 0.2) is 18.2 Å². The third-order valence-electron chi connectivity index (χ3n) is 3.15. The van der Waals surface area contributed by atoms with Crippen molar-refractivity contribution in [1.82, 2.24) is 0 Å². The first kappa shape index (κ1) is 14.8. The Morgan fingerprint density at radius 1 is 1.17 bits per heavy atom. The molecular weight excluding hydrogens is 226 g/mol. The van der Waals surface area contributed by atoms with Gasteiger partial charge in [-0.1, -0.05) is 19.9 Å². The molecule has 0 fully saturated rings. The molecule has 0 saturated heterocycles. The summed E-state index contributed by atoms with van der Waals surface area (Å²) in [6, 6.07) is 6.27. The topological polar surface area (TPSA) is 44.5 Å². The summed E-state index contributed by atoms with van der Waals surface area (Å²) in [5, 5.41) is 0. The van der Waals surface area contributed by atoms with Gasteiger partial charge in [0.2, 0.25) is 0 Å². The molecule has 0 aliphatic heterocycles. The Balaban J connectivity index is 2.82. The molecule has 18 heavy (non-hydrogen) atoms. The monoisotopic (exact) mass is 251 g/mol. The molecule has 1 aromatic rings. The van der Waals surface area contributed by atoms with Crippen LogP contribution in [0.1, 0.15) is 39.2 Å². The van der Waals surface area contributed by atoms with E-state index in [9.17, 15) is 0 Å². The Labute approximate surface area is 110 Å². The van der Waals surface area contributed by atoms with Crippen LogP contribution in [0.4, 0.5) is 0 Å². The summed E-state index contributed by atoms with van der Waals surface area (Å²) < 4.78 is 11.2. The van der Waals surface area contributed by atoms with Gasteiger partial charge in [0.1, 0.15) is 0 Å². The molecule has 0 aliphatic rings. The fourth-order valence-electron chi connectivity index (χ4n) is 1.68. The van der Waals surface area contributed by atoms with Crippen molar-refractivity contribution >= 4 is 0 Å². The lowest BCUT2D eigenvalue weighted by atomic mass is 10.0. The highest BCUT2D eigenvalue weighted by Gasteiger charge is 2.10. The van der Waals surface area contributed by atoms with E-state index in [0.717, 1.165) is 30.8 Å². The molecule has 0 radical (unpaired) electrons. The molecule has 2 unspecified atom stereocenters. The van der Waals surface area contributed by atoms with Crippen LogP contribution in [0.3, 0.4) is 0 Å². The molecule has 0 bridgehead atoms. The van der Waals surface area contributed by atoms with Gasteiger partial charge in [-0.15, -0.1) is 0 Å². The zero-order valence-electron chi connectivity index (χ0n) is 11.9. The fraction of sp³-hybridized carbons (Fsp3) is 0.600. The first-order chi connectivity index (χ1) is 8.60. The average molecular weight is 251 g/mol. The van der Waals surface area contributed by atoms with Gasteiger partial charge >= 0.3 is 0 Å². The van der Waals surface area contributed by atoms with E-state index >= 15 is 0 Å². The van der Waals surface area contributed by atoms with Crippen molar-refractivity contribution in [2.75, 3.05) is 7.11 Å². The summed E-state index contributed by atoms with van der Waals surface area (Å²) in [4.78, 5) is 0. The van der Waals surface area contributed by atoms with E-state index in [4.69, 9.17) is 15.2 Å². The highest BCUT2D eigenvalue weighted by Crippen LogP contribution is 2.29. The minimum atomic E-state index is 0.197. The maximum atomic E-state index is 5.96. The largest absolute Gasteiger partial charge is 0.493 e. The molecule has 0 aliphatic carbocycles. The minimum absolute atomic E-state index is 0.197. The normalized spacial score (nSPS) is 14.1. The third kappa shape index (κ3) is 4.22. The van der Waals surface area contributed by atoms with E-state index in [1.807, 2.05) is 12.1 Å². The third-order valence-corrected chi connectivity index (χ3v) is 3.15. The minimum Gasteiger partial charge on any atom is -0.493 e. The van der Waals surface area contributed by atoms with E-state index in [-0.39, 0.29) is 12.1 Å². The van der Waals surface area contributed by atoms with Crippen LogP contribution in [0.25, 0.3) is 0 Å². The average Bonchev–Trinajstić information content (AvgIpc) is 2.39. The van der Waals surface area contributed by atoms with Crippen LogP contribution in [-0.2, 0) is 6.42 Å². The van der Waals surface area contributed by atoms with Crippen LogP contribution >= 0.6 is 0 Å². The molecule has 102 valence electrons. The Bertz CT molecular complexity index is 366. The number of hydrogen-bond donors (Lipinski definition) is 1. The van der Waals surface area contributed by atoms with Crippen molar-refractivity contribution in [2.24, 2.45) is 5.73 Å². The molecule has 1 rings (SSSR count). The second kappa shape index (κ2) is 7.27. The van der Waals surface area contributed by atoms with E-state index in [1.54, 1.807) is 7.11 Å². The van der Waals surface area contributed by atoms with Gasteiger partial charge in [-0.3, -0.25) is 0 Å². The van der Waals surface area contributed by atoms with Crippen LogP contribution in [-0.4, -0.2) is 19.3 Å². The lowest BCUT2D eigenvalue weighted by Crippen LogP contribution is -2.21. The van der Waals surface area contributed by atoms with Crippen molar-refractivity contribution in [2.45, 2.75) is 52.2 Å². The maximum Gasteiger partial charge on any atom is 0.161 e.